The molecule has 0 spiro atoms. The molecule has 21 heavy (non-hydrogen) atoms. The van der Waals surface area contributed by atoms with E-state index >= 15 is 0 Å². The Bertz CT molecular complexity index is 607. The zero-order valence-electron chi connectivity index (χ0n) is 11.5. The van der Waals surface area contributed by atoms with Crippen LogP contribution in [-0.4, -0.2) is 6.54 Å². The molecular formula is C16H15F4N. The number of benzene rings is 2. The van der Waals surface area contributed by atoms with E-state index in [-0.39, 0.29) is 12.0 Å². The molecule has 0 heterocycles. The highest BCUT2D eigenvalue weighted by molar-refractivity contribution is 5.26. The first-order chi connectivity index (χ1) is 10.0. The molecule has 112 valence electrons. The van der Waals surface area contributed by atoms with Crippen LogP contribution in [0.5, 0.6) is 0 Å². The van der Waals surface area contributed by atoms with Crippen molar-refractivity contribution in [1.82, 2.24) is 5.32 Å². The van der Waals surface area contributed by atoms with Crippen LogP contribution in [0.1, 0.15) is 24.1 Å². The maximum atomic E-state index is 13.9. The fourth-order valence-electron chi connectivity index (χ4n) is 2.29. The lowest BCUT2D eigenvalue weighted by Crippen LogP contribution is -2.24. The fraction of sp³-hybridized carbons (Fsp3) is 0.250. The summed E-state index contributed by atoms with van der Waals surface area (Å²) < 4.78 is 53.6. The lowest BCUT2D eigenvalue weighted by atomic mass is 9.98. The second-order valence-corrected chi connectivity index (χ2v) is 4.74. The van der Waals surface area contributed by atoms with Crippen LogP contribution in [0.4, 0.5) is 17.6 Å². The normalized spacial score (nSPS) is 12.4. The van der Waals surface area contributed by atoms with Crippen molar-refractivity contribution in [2.24, 2.45) is 0 Å². The minimum absolute atomic E-state index is 0.140. The first kappa shape index (κ1) is 15.5. The molecule has 0 saturated carbocycles. The second kappa shape index (κ2) is 6.72. The van der Waals surface area contributed by atoms with Crippen LogP contribution in [0.15, 0.2) is 36.4 Å². The molecule has 0 aliphatic carbocycles. The van der Waals surface area contributed by atoms with Crippen LogP contribution in [0.3, 0.4) is 0 Å². The van der Waals surface area contributed by atoms with Gasteiger partial charge in [-0.15, -0.1) is 0 Å². The predicted octanol–water partition coefficient (Wildman–Crippen LogP) is 4.14. The van der Waals surface area contributed by atoms with Gasteiger partial charge in [0.15, 0.2) is 11.6 Å². The van der Waals surface area contributed by atoms with E-state index in [2.05, 4.69) is 5.32 Å². The minimum Gasteiger partial charge on any atom is -0.310 e. The number of halogens is 4. The predicted molar refractivity (Wildman–Crippen MR) is 72.8 cm³/mol. The maximum absolute atomic E-state index is 13.9. The van der Waals surface area contributed by atoms with E-state index in [1.54, 1.807) is 0 Å². The average molecular weight is 297 g/mol. The molecule has 0 bridgehead atoms. The van der Waals surface area contributed by atoms with E-state index in [9.17, 15) is 17.6 Å². The van der Waals surface area contributed by atoms with Crippen molar-refractivity contribution in [1.29, 1.82) is 0 Å². The monoisotopic (exact) mass is 297 g/mol. The molecule has 0 saturated heterocycles. The van der Waals surface area contributed by atoms with Gasteiger partial charge in [-0.3, -0.25) is 0 Å². The van der Waals surface area contributed by atoms with Gasteiger partial charge in [0.05, 0.1) is 0 Å². The molecule has 0 aliphatic rings. The number of rotatable bonds is 5. The Morgan fingerprint density at radius 2 is 1.67 bits per heavy atom. The lowest BCUT2D eigenvalue weighted by Gasteiger charge is -2.19. The number of hydrogen-bond donors (Lipinski definition) is 1. The zero-order valence-corrected chi connectivity index (χ0v) is 11.5. The topological polar surface area (TPSA) is 12.0 Å². The molecule has 0 amide bonds. The third-order valence-corrected chi connectivity index (χ3v) is 3.17. The van der Waals surface area contributed by atoms with E-state index in [1.165, 1.54) is 24.3 Å². The molecule has 1 nitrogen and oxygen atoms in total. The van der Waals surface area contributed by atoms with Crippen molar-refractivity contribution in [3.8, 4) is 0 Å². The van der Waals surface area contributed by atoms with Crippen molar-refractivity contribution >= 4 is 0 Å². The number of likely N-dealkylation sites (N-methyl/N-ethyl adjacent to an activating group) is 1. The summed E-state index contributed by atoms with van der Waals surface area (Å²) in [4.78, 5) is 0. The van der Waals surface area contributed by atoms with Crippen LogP contribution < -0.4 is 5.32 Å². The first-order valence-electron chi connectivity index (χ1n) is 6.63. The van der Waals surface area contributed by atoms with Crippen LogP contribution >= 0.6 is 0 Å². The second-order valence-electron chi connectivity index (χ2n) is 4.74. The van der Waals surface area contributed by atoms with Crippen molar-refractivity contribution < 1.29 is 17.6 Å². The molecule has 1 atom stereocenters. The summed E-state index contributed by atoms with van der Waals surface area (Å²) in [5, 5.41) is 3.00. The highest BCUT2D eigenvalue weighted by Gasteiger charge is 2.18. The molecule has 2 aromatic rings. The van der Waals surface area contributed by atoms with E-state index in [4.69, 9.17) is 0 Å². The summed E-state index contributed by atoms with van der Waals surface area (Å²) >= 11 is 0. The summed E-state index contributed by atoms with van der Waals surface area (Å²) in [6.45, 7) is 2.33. The summed E-state index contributed by atoms with van der Waals surface area (Å²) in [6, 6.07) is 6.48. The standard InChI is InChI=1S/C16H15F4N/c1-2-21-15(13-4-3-5-14(19)16(13)20)8-10-6-11(17)9-12(18)7-10/h3-7,9,15,21H,2,8H2,1H3. The van der Waals surface area contributed by atoms with Gasteiger partial charge in [0, 0.05) is 17.7 Å². The van der Waals surface area contributed by atoms with Gasteiger partial charge >= 0.3 is 0 Å². The number of nitrogens with one attached hydrogen (secondary N) is 1. The van der Waals surface area contributed by atoms with Crippen molar-refractivity contribution in [3.05, 3.63) is 70.8 Å². The Kier molecular flexibility index (Phi) is 4.96. The van der Waals surface area contributed by atoms with Gasteiger partial charge in [-0.1, -0.05) is 19.1 Å². The first-order valence-corrected chi connectivity index (χ1v) is 6.63. The van der Waals surface area contributed by atoms with E-state index < -0.39 is 29.3 Å². The Balaban J connectivity index is 2.32. The van der Waals surface area contributed by atoms with Crippen LogP contribution in [0, 0.1) is 23.3 Å². The highest BCUT2D eigenvalue weighted by Crippen LogP contribution is 2.23. The highest BCUT2D eigenvalue weighted by atomic mass is 19.2. The third-order valence-electron chi connectivity index (χ3n) is 3.17. The Hall–Kier alpha value is -1.88. The molecular weight excluding hydrogens is 282 g/mol. The Morgan fingerprint density at radius 1 is 1.00 bits per heavy atom. The minimum atomic E-state index is -0.944. The van der Waals surface area contributed by atoms with Gasteiger partial charge in [-0.25, -0.2) is 17.6 Å². The van der Waals surface area contributed by atoms with Crippen LogP contribution in [-0.2, 0) is 6.42 Å². The zero-order chi connectivity index (χ0) is 15.4. The molecule has 2 rings (SSSR count). The smallest absolute Gasteiger partial charge is 0.163 e. The molecule has 0 aliphatic heterocycles. The summed E-state index contributed by atoms with van der Waals surface area (Å²) in [6.07, 6.45) is 0.156. The molecule has 0 aromatic heterocycles. The summed E-state index contributed by atoms with van der Waals surface area (Å²) in [5.74, 6) is -3.28. The molecule has 0 radical (unpaired) electrons. The maximum Gasteiger partial charge on any atom is 0.163 e. The van der Waals surface area contributed by atoms with Gasteiger partial charge in [-0.05, 0) is 36.7 Å². The van der Waals surface area contributed by atoms with Crippen LogP contribution in [0.25, 0.3) is 0 Å². The van der Waals surface area contributed by atoms with Crippen molar-refractivity contribution in [2.45, 2.75) is 19.4 Å². The van der Waals surface area contributed by atoms with E-state index in [0.29, 0.717) is 12.1 Å². The molecule has 0 fully saturated rings. The van der Waals surface area contributed by atoms with Gasteiger partial charge in [0.2, 0.25) is 0 Å². The van der Waals surface area contributed by atoms with Gasteiger partial charge in [0.1, 0.15) is 11.6 Å². The van der Waals surface area contributed by atoms with E-state index in [0.717, 1.165) is 12.1 Å². The van der Waals surface area contributed by atoms with Crippen molar-refractivity contribution in [3.63, 3.8) is 0 Å². The average Bonchev–Trinajstić information content (AvgIpc) is 2.40. The van der Waals surface area contributed by atoms with Gasteiger partial charge in [0.25, 0.3) is 0 Å². The summed E-state index contributed by atoms with van der Waals surface area (Å²) in [7, 11) is 0. The largest absolute Gasteiger partial charge is 0.310 e. The Labute approximate surface area is 120 Å². The quantitative estimate of drug-likeness (QED) is 0.818. The van der Waals surface area contributed by atoms with E-state index in [1.807, 2.05) is 6.92 Å². The number of hydrogen-bond acceptors (Lipinski definition) is 1. The van der Waals surface area contributed by atoms with Gasteiger partial charge in [-0.2, -0.15) is 0 Å². The summed E-state index contributed by atoms with van der Waals surface area (Å²) in [5.41, 5.74) is 0.517. The van der Waals surface area contributed by atoms with Gasteiger partial charge < -0.3 is 5.32 Å². The molecule has 5 heteroatoms. The van der Waals surface area contributed by atoms with Crippen molar-refractivity contribution in [2.75, 3.05) is 6.54 Å². The fourth-order valence-corrected chi connectivity index (χ4v) is 2.29. The third kappa shape index (κ3) is 3.82. The lowest BCUT2D eigenvalue weighted by molar-refractivity contribution is 0.463. The molecule has 1 unspecified atom stereocenters. The Morgan fingerprint density at radius 3 is 2.29 bits per heavy atom. The SMILES string of the molecule is CCNC(Cc1cc(F)cc(F)c1)c1cccc(F)c1F. The molecule has 2 aromatic carbocycles. The molecule has 1 N–H and O–H groups in total. The van der Waals surface area contributed by atoms with Crippen LogP contribution in [0.2, 0.25) is 0 Å².